The number of benzene rings is 1. The maximum absolute atomic E-state index is 12.7. The van der Waals surface area contributed by atoms with E-state index >= 15 is 0 Å². The van der Waals surface area contributed by atoms with Crippen molar-refractivity contribution in [1.29, 1.82) is 0 Å². The van der Waals surface area contributed by atoms with Crippen LogP contribution in [0.15, 0.2) is 35.4 Å². The summed E-state index contributed by atoms with van der Waals surface area (Å²) in [5.74, 6) is -0.208. The largest absolute Gasteiger partial charge is 0.507 e. The molecule has 0 aliphatic rings. The number of halogens is 4. The number of hydrogen-bond donors (Lipinski definition) is 2. The van der Waals surface area contributed by atoms with E-state index in [4.69, 9.17) is 0 Å². The first kappa shape index (κ1) is 24.2. The lowest BCUT2D eigenvalue weighted by atomic mass is 10.0. The third-order valence-electron chi connectivity index (χ3n) is 3.76. The SMILES string of the molecule is CC(C)(C)NCc1cc(S(C)(=O)=O)cc(-c2ccc(C(F)(F)F)nc2)c1O.Cl. The highest BCUT2D eigenvalue weighted by molar-refractivity contribution is 7.90. The lowest BCUT2D eigenvalue weighted by Gasteiger charge is -2.22. The Balaban J connectivity index is 0.00000392. The molecule has 10 heteroatoms. The van der Waals surface area contributed by atoms with Crippen LogP contribution >= 0.6 is 12.4 Å². The normalized spacial score (nSPS) is 12.5. The highest BCUT2D eigenvalue weighted by Crippen LogP contribution is 2.36. The molecular formula is C18H22ClF3N2O3S. The number of nitrogens with zero attached hydrogens (tertiary/aromatic N) is 1. The van der Waals surface area contributed by atoms with Gasteiger partial charge in [0.25, 0.3) is 0 Å². The Bertz CT molecular complexity index is 938. The fourth-order valence-corrected chi connectivity index (χ4v) is 3.00. The molecule has 156 valence electrons. The Labute approximate surface area is 168 Å². The summed E-state index contributed by atoms with van der Waals surface area (Å²) in [6.07, 6.45) is -2.60. The van der Waals surface area contributed by atoms with E-state index in [-0.39, 0.29) is 46.3 Å². The van der Waals surface area contributed by atoms with Gasteiger partial charge in [-0.05, 0) is 39.0 Å². The van der Waals surface area contributed by atoms with Crippen molar-refractivity contribution in [3.63, 3.8) is 0 Å². The van der Waals surface area contributed by atoms with Crippen LogP contribution in [0.3, 0.4) is 0 Å². The standard InChI is InChI=1S/C18H21F3N2O3S.ClH/c1-17(2,3)23-10-12-7-13(27(4,25)26)8-14(16(12)24)11-5-6-15(22-9-11)18(19,20)21;/h5-9,23-24H,10H2,1-4H3;1H. The van der Waals surface area contributed by atoms with E-state index in [1.807, 2.05) is 20.8 Å². The van der Waals surface area contributed by atoms with Gasteiger partial charge in [0.1, 0.15) is 11.4 Å². The number of pyridine rings is 1. The van der Waals surface area contributed by atoms with Crippen LogP contribution in [-0.2, 0) is 22.6 Å². The molecule has 0 saturated heterocycles. The Hall–Kier alpha value is -1.84. The number of sulfone groups is 1. The zero-order chi connectivity index (χ0) is 20.6. The molecule has 0 unspecified atom stereocenters. The van der Waals surface area contributed by atoms with Gasteiger partial charge in [-0.3, -0.25) is 4.98 Å². The molecule has 0 fully saturated rings. The van der Waals surface area contributed by atoms with E-state index < -0.39 is 21.7 Å². The smallest absolute Gasteiger partial charge is 0.433 e. The second-order valence-corrected chi connectivity index (χ2v) is 9.30. The summed E-state index contributed by atoms with van der Waals surface area (Å²) in [5.41, 5.74) is -0.751. The van der Waals surface area contributed by atoms with Crippen molar-refractivity contribution in [3.8, 4) is 16.9 Å². The first-order valence-corrected chi connectivity index (χ1v) is 9.92. The molecule has 0 spiro atoms. The zero-order valence-electron chi connectivity index (χ0n) is 15.8. The summed E-state index contributed by atoms with van der Waals surface area (Å²) < 4.78 is 62.1. The van der Waals surface area contributed by atoms with Gasteiger partial charge in [0.15, 0.2) is 9.84 Å². The Morgan fingerprint density at radius 2 is 1.75 bits per heavy atom. The number of aromatic nitrogens is 1. The topological polar surface area (TPSA) is 79.3 Å². The van der Waals surface area contributed by atoms with Crippen LogP contribution < -0.4 is 5.32 Å². The van der Waals surface area contributed by atoms with E-state index in [1.165, 1.54) is 12.1 Å². The zero-order valence-corrected chi connectivity index (χ0v) is 17.4. The average Bonchev–Trinajstić information content (AvgIpc) is 2.51. The van der Waals surface area contributed by atoms with Gasteiger partial charge in [-0.1, -0.05) is 6.07 Å². The highest BCUT2D eigenvalue weighted by Gasteiger charge is 2.32. The molecule has 2 aromatic rings. The first-order valence-electron chi connectivity index (χ1n) is 8.03. The minimum atomic E-state index is -4.59. The van der Waals surface area contributed by atoms with Gasteiger partial charge in [0.05, 0.1) is 4.90 Å². The molecule has 2 N–H and O–H groups in total. The quantitative estimate of drug-likeness (QED) is 0.748. The summed E-state index contributed by atoms with van der Waals surface area (Å²) in [4.78, 5) is 3.33. The molecule has 0 amide bonds. The van der Waals surface area contributed by atoms with Crippen molar-refractivity contribution in [1.82, 2.24) is 10.3 Å². The second kappa shape index (κ2) is 8.26. The van der Waals surface area contributed by atoms with Crippen LogP contribution in [0.2, 0.25) is 0 Å². The highest BCUT2D eigenvalue weighted by atomic mass is 35.5. The lowest BCUT2D eigenvalue weighted by Crippen LogP contribution is -2.35. The third kappa shape index (κ3) is 6.08. The summed E-state index contributed by atoms with van der Waals surface area (Å²) in [7, 11) is -3.60. The summed E-state index contributed by atoms with van der Waals surface area (Å²) >= 11 is 0. The van der Waals surface area contributed by atoms with Crippen molar-refractivity contribution in [2.45, 2.75) is 43.9 Å². The van der Waals surface area contributed by atoms with Crippen molar-refractivity contribution >= 4 is 22.2 Å². The molecule has 2 rings (SSSR count). The van der Waals surface area contributed by atoms with Gasteiger partial charge in [-0.15, -0.1) is 12.4 Å². The molecule has 1 aromatic carbocycles. The number of nitrogens with one attached hydrogen (secondary N) is 1. The van der Waals surface area contributed by atoms with E-state index in [0.29, 0.717) is 5.56 Å². The van der Waals surface area contributed by atoms with Crippen LogP contribution in [0.4, 0.5) is 13.2 Å². The molecule has 5 nitrogen and oxygen atoms in total. The Kier molecular flexibility index (Phi) is 7.14. The number of aromatic hydroxyl groups is 1. The molecule has 0 atom stereocenters. The molecule has 0 aliphatic carbocycles. The summed E-state index contributed by atoms with van der Waals surface area (Å²) in [6.45, 7) is 5.90. The number of rotatable bonds is 4. The minimum Gasteiger partial charge on any atom is -0.507 e. The molecule has 0 aliphatic heterocycles. The van der Waals surface area contributed by atoms with Gasteiger partial charge in [0.2, 0.25) is 0 Å². The van der Waals surface area contributed by atoms with Crippen molar-refractivity contribution in [3.05, 3.63) is 41.7 Å². The number of hydrogen-bond acceptors (Lipinski definition) is 5. The van der Waals surface area contributed by atoms with Crippen molar-refractivity contribution < 1.29 is 26.7 Å². The fourth-order valence-electron chi connectivity index (χ4n) is 2.32. The van der Waals surface area contributed by atoms with Crippen LogP contribution in [0, 0.1) is 0 Å². The number of alkyl halides is 3. The summed E-state index contributed by atoms with van der Waals surface area (Å²) in [5, 5.41) is 13.7. The van der Waals surface area contributed by atoms with E-state index in [2.05, 4.69) is 10.3 Å². The molecular weight excluding hydrogens is 417 g/mol. The fraction of sp³-hybridized carbons (Fsp3) is 0.389. The van der Waals surface area contributed by atoms with Crippen molar-refractivity contribution in [2.24, 2.45) is 0 Å². The number of phenols is 1. The van der Waals surface area contributed by atoms with Gasteiger partial charge < -0.3 is 10.4 Å². The number of phenolic OH excluding ortho intramolecular Hbond substituents is 1. The maximum Gasteiger partial charge on any atom is 0.433 e. The monoisotopic (exact) mass is 438 g/mol. The van der Waals surface area contributed by atoms with Crippen LogP contribution in [0.1, 0.15) is 32.0 Å². The van der Waals surface area contributed by atoms with Crippen LogP contribution in [0.5, 0.6) is 5.75 Å². The average molecular weight is 439 g/mol. The molecule has 1 aromatic heterocycles. The Morgan fingerprint density at radius 3 is 2.18 bits per heavy atom. The molecule has 0 saturated carbocycles. The van der Waals surface area contributed by atoms with Crippen LogP contribution in [0.25, 0.3) is 11.1 Å². The Morgan fingerprint density at radius 1 is 1.14 bits per heavy atom. The van der Waals surface area contributed by atoms with Gasteiger partial charge in [0, 0.05) is 41.2 Å². The van der Waals surface area contributed by atoms with E-state index in [0.717, 1.165) is 24.6 Å². The van der Waals surface area contributed by atoms with E-state index in [9.17, 15) is 26.7 Å². The van der Waals surface area contributed by atoms with Crippen molar-refractivity contribution in [2.75, 3.05) is 6.26 Å². The molecule has 1 heterocycles. The summed E-state index contributed by atoms with van der Waals surface area (Å²) in [6, 6.07) is 4.52. The lowest BCUT2D eigenvalue weighted by molar-refractivity contribution is -0.141. The van der Waals surface area contributed by atoms with Gasteiger partial charge >= 0.3 is 6.18 Å². The predicted molar refractivity (Wildman–Crippen MR) is 103 cm³/mol. The maximum atomic E-state index is 12.7. The van der Waals surface area contributed by atoms with Gasteiger partial charge in [-0.25, -0.2) is 8.42 Å². The minimum absolute atomic E-state index is 0. The molecule has 0 bridgehead atoms. The third-order valence-corrected chi connectivity index (χ3v) is 4.86. The molecule has 0 radical (unpaired) electrons. The molecule has 28 heavy (non-hydrogen) atoms. The predicted octanol–water partition coefficient (Wildman–Crippen LogP) is 4.19. The van der Waals surface area contributed by atoms with E-state index in [1.54, 1.807) is 0 Å². The first-order chi connectivity index (χ1) is 12.2. The second-order valence-electron chi connectivity index (χ2n) is 7.28. The van der Waals surface area contributed by atoms with Crippen LogP contribution in [-0.4, -0.2) is 30.3 Å². The van der Waals surface area contributed by atoms with Gasteiger partial charge in [-0.2, -0.15) is 13.2 Å².